The van der Waals surface area contributed by atoms with E-state index in [2.05, 4.69) is 174 Å². The SMILES string of the molecule is CC1(C)CCC(C)(C)c2c(-c3cc4c(cc3N(c3ccccc3)c3cccc5oc6ccccc6c35)C(C)(C)c3ccccc3-4)cccc21. The lowest BCUT2D eigenvalue weighted by Gasteiger charge is -2.43. The summed E-state index contributed by atoms with van der Waals surface area (Å²) in [5, 5.41) is 2.26. The fourth-order valence-electron chi connectivity index (χ4n) is 9.02. The van der Waals surface area contributed by atoms with Gasteiger partial charge in [0.05, 0.1) is 16.8 Å². The fraction of sp³-hybridized carbons (Fsp3) is 0.234. The number of furan rings is 1. The summed E-state index contributed by atoms with van der Waals surface area (Å²) >= 11 is 0. The Kier molecular flexibility index (Phi) is 6.41. The van der Waals surface area contributed by atoms with E-state index in [4.69, 9.17) is 4.42 Å². The molecule has 0 saturated heterocycles. The highest BCUT2D eigenvalue weighted by atomic mass is 16.3. The van der Waals surface area contributed by atoms with Crippen molar-refractivity contribution in [3.63, 3.8) is 0 Å². The molecule has 2 aliphatic carbocycles. The summed E-state index contributed by atoms with van der Waals surface area (Å²) in [5.41, 5.74) is 16.2. The Bertz CT molecular complexity index is 2420. The van der Waals surface area contributed by atoms with Gasteiger partial charge in [0.15, 0.2) is 0 Å². The van der Waals surface area contributed by atoms with Crippen LogP contribution in [0.1, 0.15) is 76.6 Å². The van der Waals surface area contributed by atoms with Gasteiger partial charge in [0.2, 0.25) is 0 Å². The molecule has 0 aliphatic heterocycles. The van der Waals surface area contributed by atoms with Gasteiger partial charge in [0.1, 0.15) is 11.2 Å². The fourth-order valence-corrected chi connectivity index (χ4v) is 9.02. The predicted octanol–water partition coefficient (Wildman–Crippen LogP) is 13.4. The Morgan fingerprint density at radius 3 is 1.98 bits per heavy atom. The van der Waals surface area contributed by atoms with E-state index in [1.54, 1.807) is 0 Å². The number of hydrogen-bond donors (Lipinski definition) is 0. The van der Waals surface area contributed by atoms with Crippen LogP contribution in [0.15, 0.2) is 132 Å². The van der Waals surface area contributed by atoms with Crippen molar-refractivity contribution in [3.05, 3.63) is 150 Å². The molecule has 2 nitrogen and oxygen atoms in total. The first-order chi connectivity index (χ1) is 23.6. The summed E-state index contributed by atoms with van der Waals surface area (Å²) in [4.78, 5) is 2.50. The maximum absolute atomic E-state index is 6.48. The second kappa shape index (κ2) is 10.5. The molecule has 242 valence electrons. The number of anilines is 3. The minimum Gasteiger partial charge on any atom is -0.456 e. The van der Waals surface area contributed by atoms with Crippen molar-refractivity contribution >= 4 is 39.0 Å². The van der Waals surface area contributed by atoms with Gasteiger partial charge in [0.25, 0.3) is 0 Å². The van der Waals surface area contributed by atoms with E-state index in [-0.39, 0.29) is 16.2 Å². The zero-order chi connectivity index (χ0) is 33.7. The molecule has 2 aliphatic rings. The molecule has 2 heteroatoms. The standard InChI is InChI=1S/C47H43NO/c1-45(2)26-27-46(3,4)44-32(20-14-22-37(44)45)35-28-34-31-18-10-12-21-36(31)47(5,6)38(34)29-40(35)48(30-16-8-7-9-17-30)39-23-15-25-42-43(39)33-19-11-13-24-41(33)49-42/h7-25,28-29H,26-27H2,1-6H3. The van der Waals surface area contributed by atoms with E-state index >= 15 is 0 Å². The van der Waals surface area contributed by atoms with Crippen molar-refractivity contribution in [2.45, 2.75) is 70.6 Å². The average molecular weight is 638 g/mol. The number of benzene rings is 6. The molecule has 1 heterocycles. The van der Waals surface area contributed by atoms with Crippen molar-refractivity contribution < 1.29 is 4.42 Å². The molecule has 0 fully saturated rings. The number of hydrogen-bond acceptors (Lipinski definition) is 2. The smallest absolute Gasteiger partial charge is 0.137 e. The highest BCUT2D eigenvalue weighted by molar-refractivity contribution is 6.14. The average Bonchev–Trinajstić information content (AvgIpc) is 3.60. The van der Waals surface area contributed by atoms with E-state index in [0.717, 1.165) is 39.7 Å². The lowest BCUT2D eigenvalue weighted by molar-refractivity contribution is 0.333. The number of fused-ring (bicyclic) bond motifs is 7. The molecule has 1 aromatic heterocycles. The largest absolute Gasteiger partial charge is 0.456 e. The lowest BCUT2D eigenvalue weighted by atomic mass is 9.61. The minimum absolute atomic E-state index is 0.0350. The first-order valence-corrected chi connectivity index (χ1v) is 17.7. The zero-order valence-electron chi connectivity index (χ0n) is 29.4. The molecule has 0 saturated carbocycles. The molecule has 6 aromatic carbocycles. The van der Waals surface area contributed by atoms with Crippen LogP contribution >= 0.6 is 0 Å². The molecular formula is C47H43NO. The Morgan fingerprint density at radius 2 is 1.14 bits per heavy atom. The third-order valence-electron chi connectivity index (χ3n) is 11.7. The van der Waals surface area contributed by atoms with Gasteiger partial charge in [-0.25, -0.2) is 0 Å². The second-order valence-electron chi connectivity index (χ2n) is 16.0. The Balaban J connectivity index is 1.43. The summed E-state index contributed by atoms with van der Waals surface area (Å²) in [5.74, 6) is 0. The molecular weight excluding hydrogens is 595 g/mol. The lowest BCUT2D eigenvalue weighted by Crippen LogP contribution is -2.34. The number of para-hydroxylation sites is 2. The molecule has 0 amide bonds. The molecule has 0 atom stereocenters. The molecule has 0 spiro atoms. The molecule has 0 radical (unpaired) electrons. The summed E-state index contributed by atoms with van der Waals surface area (Å²) in [6, 6.07) is 46.9. The van der Waals surface area contributed by atoms with E-state index in [9.17, 15) is 0 Å². The first-order valence-electron chi connectivity index (χ1n) is 17.7. The van der Waals surface area contributed by atoms with Gasteiger partial charge in [-0.05, 0) is 105 Å². The van der Waals surface area contributed by atoms with Crippen LogP contribution in [0.4, 0.5) is 17.1 Å². The van der Waals surface area contributed by atoms with Crippen molar-refractivity contribution in [2.24, 2.45) is 0 Å². The second-order valence-corrected chi connectivity index (χ2v) is 16.0. The highest BCUT2D eigenvalue weighted by Crippen LogP contribution is 2.57. The van der Waals surface area contributed by atoms with Crippen LogP contribution in [0.5, 0.6) is 0 Å². The predicted molar refractivity (Wildman–Crippen MR) is 207 cm³/mol. The molecule has 0 N–H and O–H groups in total. The summed E-state index contributed by atoms with van der Waals surface area (Å²) < 4.78 is 6.48. The monoisotopic (exact) mass is 637 g/mol. The van der Waals surface area contributed by atoms with E-state index in [1.807, 2.05) is 0 Å². The van der Waals surface area contributed by atoms with Gasteiger partial charge in [-0.15, -0.1) is 0 Å². The summed E-state index contributed by atoms with van der Waals surface area (Å²) in [6.45, 7) is 14.5. The normalized spacial score (nSPS) is 16.7. The van der Waals surface area contributed by atoms with E-state index in [0.29, 0.717) is 0 Å². The van der Waals surface area contributed by atoms with Crippen LogP contribution < -0.4 is 4.90 Å². The van der Waals surface area contributed by atoms with Gasteiger partial charge >= 0.3 is 0 Å². The van der Waals surface area contributed by atoms with Gasteiger partial charge in [-0.3, -0.25) is 0 Å². The van der Waals surface area contributed by atoms with Gasteiger partial charge in [-0.2, -0.15) is 0 Å². The van der Waals surface area contributed by atoms with Crippen LogP contribution in [0.2, 0.25) is 0 Å². The van der Waals surface area contributed by atoms with E-state index in [1.165, 1.54) is 56.6 Å². The van der Waals surface area contributed by atoms with Gasteiger partial charge in [0, 0.05) is 22.1 Å². The van der Waals surface area contributed by atoms with Crippen molar-refractivity contribution in [1.29, 1.82) is 0 Å². The Labute approximate surface area is 290 Å². The maximum Gasteiger partial charge on any atom is 0.137 e. The maximum atomic E-state index is 6.48. The summed E-state index contributed by atoms with van der Waals surface area (Å²) in [7, 11) is 0. The van der Waals surface area contributed by atoms with Crippen LogP contribution in [-0.4, -0.2) is 0 Å². The van der Waals surface area contributed by atoms with Crippen LogP contribution in [0, 0.1) is 0 Å². The Hall–Kier alpha value is -5.08. The molecule has 9 rings (SSSR count). The number of nitrogens with zero attached hydrogens (tertiary/aromatic N) is 1. The highest BCUT2D eigenvalue weighted by Gasteiger charge is 2.41. The first kappa shape index (κ1) is 30.0. The van der Waals surface area contributed by atoms with Crippen molar-refractivity contribution in [3.8, 4) is 22.3 Å². The quantitative estimate of drug-likeness (QED) is 0.191. The van der Waals surface area contributed by atoms with Crippen molar-refractivity contribution in [2.75, 3.05) is 4.90 Å². The van der Waals surface area contributed by atoms with Crippen LogP contribution in [-0.2, 0) is 16.2 Å². The Morgan fingerprint density at radius 1 is 0.490 bits per heavy atom. The summed E-state index contributed by atoms with van der Waals surface area (Å²) in [6.07, 6.45) is 2.34. The van der Waals surface area contributed by atoms with Gasteiger partial charge in [-0.1, -0.05) is 126 Å². The molecule has 0 bridgehead atoms. The minimum atomic E-state index is -0.146. The molecule has 49 heavy (non-hydrogen) atoms. The zero-order valence-corrected chi connectivity index (χ0v) is 29.4. The third kappa shape index (κ3) is 4.39. The van der Waals surface area contributed by atoms with Crippen LogP contribution in [0.3, 0.4) is 0 Å². The molecule has 0 unspecified atom stereocenters. The van der Waals surface area contributed by atoms with Gasteiger partial charge < -0.3 is 9.32 Å². The van der Waals surface area contributed by atoms with Crippen LogP contribution in [0.25, 0.3) is 44.2 Å². The van der Waals surface area contributed by atoms with E-state index < -0.39 is 0 Å². The molecule has 7 aromatic rings. The number of rotatable bonds is 4. The topological polar surface area (TPSA) is 16.4 Å². The third-order valence-corrected chi connectivity index (χ3v) is 11.7. The van der Waals surface area contributed by atoms with Crippen molar-refractivity contribution in [1.82, 2.24) is 0 Å².